The van der Waals surface area contributed by atoms with Crippen LogP contribution in [0.5, 0.6) is 5.75 Å². The van der Waals surface area contributed by atoms with E-state index >= 15 is 0 Å². The summed E-state index contributed by atoms with van der Waals surface area (Å²) >= 11 is 0. The summed E-state index contributed by atoms with van der Waals surface area (Å²) in [4.78, 5) is 23.4. The van der Waals surface area contributed by atoms with Crippen molar-refractivity contribution in [2.75, 3.05) is 7.05 Å². The Labute approximate surface area is 230 Å². The van der Waals surface area contributed by atoms with E-state index in [1.54, 1.807) is 19.2 Å². The Hall–Kier alpha value is -4.34. The molecule has 0 fully saturated rings. The first-order valence-corrected chi connectivity index (χ1v) is 13.0. The van der Waals surface area contributed by atoms with Crippen molar-refractivity contribution in [1.29, 1.82) is 0 Å². The van der Waals surface area contributed by atoms with Crippen LogP contribution in [-0.2, 0) is 36.8 Å². The topological polar surface area (TPSA) is 93.0 Å². The number of nitrogens with one attached hydrogen (secondary N) is 2. The summed E-state index contributed by atoms with van der Waals surface area (Å²) in [6, 6.07) is 12.8. The second-order valence-corrected chi connectivity index (χ2v) is 9.28. The van der Waals surface area contributed by atoms with Crippen LogP contribution in [0.4, 0.5) is 13.2 Å². The third kappa shape index (κ3) is 8.86. The molecular weight excluding hydrogens is 521 g/mol. The van der Waals surface area contributed by atoms with Crippen LogP contribution in [0, 0.1) is 0 Å². The zero-order valence-electron chi connectivity index (χ0n) is 22.1. The molecule has 40 heavy (non-hydrogen) atoms. The molecule has 0 aliphatic rings. The molecular formula is C30H31F3N4O3. The lowest BCUT2D eigenvalue weighted by atomic mass is 10.1. The van der Waals surface area contributed by atoms with E-state index in [-0.39, 0.29) is 12.5 Å². The number of oxazole rings is 1. The first kappa shape index (κ1) is 28.7. The summed E-state index contributed by atoms with van der Waals surface area (Å²) in [5.74, 6) is 1.90. The molecule has 0 atom stereocenters. The number of aromatic amines is 1. The summed E-state index contributed by atoms with van der Waals surface area (Å²) in [5, 5.41) is 2.61. The fourth-order valence-electron chi connectivity index (χ4n) is 3.98. The summed E-state index contributed by atoms with van der Waals surface area (Å²) < 4.78 is 49.3. The molecule has 0 radical (unpaired) electrons. The molecule has 4 aromatic rings. The van der Waals surface area contributed by atoms with Gasteiger partial charge in [-0.15, -0.1) is 0 Å². The number of halogens is 3. The number of H-pyrrole nitrogens is 1. The Morgan fingerprint density at radius 1 is 0.975 bits per heavy atom. The summed E-state index contributed by atoms with van der Waals surface area (Å²) in [6.07, 6.45) is 7.19. The number of ether oxygens (including phenoxy) is 1. The number of carbonyl (C=O) groups excluding carboxylic acids is 1. The van der Waals surface area contributed by atoms with Gasteiger partial charge in [-0.05, 0) is 67.2 Å². The van der Waals surface area contributed by atoms with Gasteiger partial charge in [-0.2, -0.15) is 13.2 Å². The molecule has 0 saturated carbocycles. The number of amides is 1. The molecule has 2 aromatic carbocycles. The van der Waals surface area contributed by atoms with Crippen LogP contribution in [0.1, 0.15) is 59.1 Å². The summed E-state index contributed by atoms with van der Waals surface area (Å²) in [6.45, 7) is 0.228. The second-order valence-electron chi connectivity index (χ2n) is 9.28. The van der Waals surface area contributed by atoms with Crippen molar-refractivity contribution >= 4 is 18.1 Å². The van der Waals surface area contributed by atoms with Crippen molar-refractivity contribution in [2.45, 2.75) is 51.3 Å². The molecule has 10 heteroatoms. The minimum Gasteiger partial charge on any atom is -0.487 e. The quantitative estimate of drug-likeness (QED) is 0.187. The normalized spacial score (nSPS) is 11.7. The number of hydrogen-bond acceptors (Lipinski definition) is 5. The fraction of sp³-hybridized carbons (Fsp3) is 0.300. The smallest absolute Gasteiger partial charge is 0.416 e. The number of unbranched alkanes of at least 4 members (excludes halogenated alkanes) is 1. The second kappa shape index (κ2) is 13.6. The first-order chi connectivity index (χ1) is 19.3. The minimum absolute atomic E-state index is 0.00620. The van der Waals surface area contributed by atoms with Crippen molar-refractivity contribution in [3.8, 4) is 5.75 Å². The predicted octanol–water partition coefficient (Wildman–Crippen LogP) is 6.41. The summed E-state index contributed by atoms with van der Waals surface area (Å²) in [5.41, 5.74) is 2.75. The maximum absolute atomic E-state index is 12.7. The third-order valence-electron chi connectivity index (χ3n) is 6.24. The monoisotopic (exact) mass is 552 g/mol. The van der Waals surface area contributed by atoms with Crippen LogP contribution in [0.25, 0.3) is 12.2 Å². The van der Waals surface area contributed by atoms with E-state index in [1.807, 2.05) is 30.5 Å². The zero-order valence-corrected chi connectivity index (χ0v) is 22.1. The molecule has 210 valence electrons. The average molecular weight is 553 g/mol. The third-order valence-corrected chi connectivity index (χ3v) is 6.24. The molecule has 2 aromatic heterocycles. The molecule has 1 amide bonds. The maximum Gasteiger partial charge on any atom is 0.416 e. The highest BCUT2D eigenvalue weighted by Gasteiger charge is 2.29. The number of benzene rings is 2. The number of imidazole rings is 1. The highest BCUT2D eigenvalue weighted by molar-refractivity contribution is 5.75. The Balaban J connectivity index is 1.16. The van der Waals surface area contributed by atoms with Gasteiger partial charge in [0, 0.05) is 32.2 Å². The molecule has 0 aliphatic heterocycles. The molecule has 7 nitrogen and oxygen atoms in total. The molecule has 0 bridgehead atoms. The summed E-state index contributed by atoms with van der Waals surface area (Å²) in [7, 11) is 1.63. The first-order valence-electron chi connectivity index (χ1n) is 13.0. The lowest BCUT2D eigenvalue weighted by Gasteiger charge is -2.06. The molecule has 0 unspecified atom stereocenters. The average Bonchev–Trinajstić information content (AvgIpc) is 3.61. The Morgan fingerprint density at radius 3 is 2.45 bits per heavy atom. The number of carbonyl (C=O) groups is 1. The lowest BCUT2D eigenvalue weighted by Crippen LogP contribution is -2.18. The number of alkyl halides is 3. The number of rotatable bonds is 13. The van der Waals surface area contributed by atoms with Crippen LogP contribution < -0.4 is 10.1 Å². The van der Waals surface area contributed by atoms with Crippen molar-refractivity contribution in [2.24, 2.45) is 0 Å². The van der Waals surface area contributed by atoms with Crippen molar-refractivity contribution in [3.05, 3.63) is 101 Å². The molecule has 0 saturated heterocycles. The lowest BCUT2D eigenvalue weighted by molar-refractivity contribution is -0.137. The Bertz CT molecular complexity index is 1390. The van der Waals surface area contributed by atoms with Gasteiger partial charge in [0.25, 0.3) is 0 Å². The van der Waals surface area contributed by atoms with Gasteiger partial charge in [-0.1, -0.05) is 24.3 Å². The fourth-order valence-corrected chi connectivity index (χ4v) is 3.98. The van der Waals surface area contributed by atoms with Crippen molar-refractivity contribution in [1.82, 2.24) is 20.3 Å². The van der Waals surface area contributed by atoms with Crippen molar-refractivity contribution < 1.29 is 27.1 Å². The number of aryl methyl sites for hydroxylation is 3. The number of hydrogen-bond donors (Lipinski definition) is 2. The van der Waals surface area contributed by atoms with E-state index in [1.165, 1.54) is 24.0 Å². The molecule has 0 aliphatic carbocycles. The van der Waals surface area contributed by atoms with E-state index in [0.29, 0.717) is 30.0 Å². The van der Waals surface area contributed by atoms with E-state index in [2.05, 4.69) is 20.3 Å². The van der Waals surface area contributed by atoms with E-state index < -0.39 is 11.7 Å². The zero-order chi connectivity index (χ0) is 28.4. The molecule has 4 rings (SSSR count). The molecule has 2 heterocycles. The Kier molecular flexibility index (Phi) is 9.77. The van der Waals surface area contributed by atoms with E-state index in [0.717, 1.165) is 55.1 Å². The highest BCUT2D eigenvalue weighted by Crippen LogP contribution is 2.29. The van der Waals surface area contributed by atoms with Gasteiger partial charge >= 0.3 is 6.18 Å². The standard InChI is InChI=1S/C30H31F3N4O3/c1-34-28(38)16-15-27-35-18-24(36-27)5-3-2-4-21-8-13-26(14-9-21)39-19-25-20-40-29(37-25)17-10-22-6-11-23(12-7-22)30(31,32)33/h6-14,17-18,20H,2-5,15-16,19H2,1H3,(H,34,38)(H,35,36)/b17-10+. The van der Waals surface area contributed by atoms with Gasteiger partial charge < -0.3 is 19.5 Å². The van der Waals surface area contributed by atoms with Gasteiger partial charge in [0.15, 0.2) is 0 Å². The van der Waals surface area contributed by atoms with Crippen LogP contribution in [0.15, 0.2) is 65.4 Å². The van der Waals surface area contributed by atoms with Crippen LogP contribution >= 0.6 is 0 Å². The maximum atomic E-state index is 12.7. The van der Waals surface area contributed by atoms with Crippen LogP contribution in [-0.4, -0.2) is 27.9 Å². The largest absolute Gasteiger partial charge is 0.487 e. The molecule has 2 N–H and O–H groups in total. The molecule has 0 spiro atoms. The van der Waals surface area contributed by atoms with Gasteiger partial charge in [-0.25, -0.2) is 9.97 Å². The minimum atomic E-state index is -4.36. The van der Waals surface area contributed by atoms with Crippen LogP contribution in [0.3, 0.4) is 0 Å². The van der Waals surface area contributed by atoms with E-state index in [9.17, 15) is 18.0 Å². The van der Waals surface area contributed by atoms with E-state index in [4.69, 9.17) is 9.15 Å². The Morgan fingerprint density at radius 2 is 1.73 bits per heavy atom. The van der Waals surface area contributed by atoms with Gasteiger partial charge in [0.05, 0.1) is 11.3 Å². The number of aromatic nitrogens is 3. The van der Waals surface area contributed by atoms with Gasteiger partial charge in [0.1, 0.15) is 30.1 Å². The van der Waals surface area contributed by atoms with Crippen LogP contribution in [0.2, 0.25) is 0 Å². The number of nitrogens with zero attached hydrogens (tertiary/aromatic N) is 2. The van der Waals surface area contributed by atoms with Crippen molar-refractivity contribution in [3.63, 3.8) is 0 Å². The highest BCUT2D eigenvalue weighted by atomic mass is 19.4. The predicted molar refractivity (Wildman–Crippen MR) is 145 cm³/mol. The SMILES string of the molecule is CNC(=O)CCc1nc(CCCCc2ccc(OCc3coc(/C=C/c4ccc(C(F)(F)F)cc4)n3)cc2)c[nH]1. The van der Waals surface area contributed by atoms with Gasteiger partial charge in [-0.3, -0.25) is 4.79 Å². The van der Waals surface area contributed by atoms with Gasteiger partial charge in [0.2, 0.25) is 11.8 Å².